The fourth-order valence-electron chi connectivity index (χ4n) is 1.74. The Kier molecular flexibility index (Phi) is 5.75. The molecule has 4 nitrogen and oxygen atoms in total. The molecule has 0 aliphatic heterocycles. The maximum absolute atomic E-state index is 11.8. The fourth-order valence-corrected chi connectivity index (χ4v) is 2.54. The second-order valence-electron chi connectivity index (χ2n) is 4.48. The maximum atomic E-state index is 11.8. The average Bonchev–Trinajstić information content (AvgIpc) is 2.98. The smallest absolute Gasteiger partial charge is 0.357 e. The number of esters is 1. The summed E-state index contributed by atoms with van der Waals surface area (Å²) in [5.74, 6) is 0.480. The summed E-state index contributed by atoms with van der Waals surface area (Å²) in [5.41, 5.74) is 1.34. The Morgan fingerprint density at radius 3 is 2.67 bits per heavy atom. The Morgan fingerprint density at radius 2 is 2.00 bits per heavy atom. The number of hydrogen-bond donors (Lipinski definition) is 0. The minimum absolute atomic E-state index is 0.350. The summed E-state index contributed by atoms with van der Waals surface area (Å²) in [6.07, 6.45) is 1.88. The number of hydrogen-bond acceptors (Lipinski definition) is 5. The van der Waals surface area contributed by atoms with Gasteiger partial charge in [-0.25, -0.2) is 9.78 Å². The Morgan fingerprint density at radius 1 is 1.24 bits per heavy atom. The quantitative estimate of drug-likeness (QED) is 0.569. The van der Waals surface area contributed by atoms with E-state index in [2.05, 4.69) is 11.9 Å². The van der Waals surface area contributed by atoms with Crippen LogP contribution in [0.1, 0.15) is 37.2 Å². The van der Waals surface area contributed by atoms with Gasteiger partial charge in [0, 0.05) is 10.9 Å². The van der Waals surface area contributed by atoms with Crippen LogP contribution in [0.5, 0.6) is 5.75 Å². The summed E-state index contributed by atoms with van der Waals surface area (Å²) < 4.78 is 10.6. The first-order valence-electron chi connectivity index (χ1n) is 7.10. The molecule has 0 spiro atoms. The fraction of sp³-hybridized carbons (Fsp3) is 0.375. The van der Waals surface area contributed by atoms with Crippen molar-refractivity contribution in [2.24, 2.45) is 0 Å². The van der Waals surface area contributed by atoms with Crippen molar-refractivity contribution in [2.75, 3.05) is 13.2 Å². The van der Waals surface area contributed by atoms with Crippen LogP contribution in [-0.4, -0.2) is 24.2 Å². The molecule has 2 aromatic rings. The van der Waals surface area contributed by atoms with Gasteiger partial charge in [-0.05, 0) is 37.6 Å². The lowest BCUT2D eigenvalue weighted by Crippen LogP contribution is -2.06. The van der Waals surface area contributed by atoms with E-state index in [4.69, 9.17) is 9.47 Å². The molecule has 21 heavy (non-hydrogen) atoms. The SMILES string of the molecule is CCCCOC(=O)c1csc(-c2ccc(OCC)cc2)n1. The van der Waals surface area contributed by atoms with Crippen molar-refractivity contribution in [3.8, 4) is 16.3 Å². The van der Waals surface area contributed by atoms with E-state index in [0.717, 1.165) is 29.2 Å². The first-order chi connectivity index (χ1) is 10.2. The molecule has 0 aliphatic carbocycles. The highest BCUT2D eigenvalue weighted by atomic mass is 32.1. The molecule has 0 N–H and O–H groups in total. The molecule has 0 radical (unpaired) electrons. The molecule has 5 heteroatoms. The average molecular weight is 305 g/mol. The van der Waals surface area contributed by atoms with Crippen molar-refractivity contribution < 1.29 is 14.3 Å². The lowest BCUT2D eigenvalue weighted by molar-refractivity contribution is 0.0494. The van der Waals surface area contributed by atoms with Gasteiger partial charge in [-0.3, -0.25) is 0 Å². The van der Waals surface area contributed by atoms with Crippen LogP contribution in [0, 0.1) is 0 Å². The van der Waals surface area contributed by atoms with E-state index >= 15 is 0 Å². The van der Waals surface area contributed by atoms with E-state index in [0.29, 0.717) is 18.9 Å². The molecule has 0 aliphatic rings. The summed E-state index contributed by atoms with van der Waals surface area (Å²) >= 11 is 1.44. The molecule has 0 atom stereocenters. The predicted octanol–water partition coefficient (Wildman–Crippen LogP) is 4.17. The number of unbranched alkanes of at least 4 members (excludes halogenated alkanes) is 1. The molecular formula is C16H19NO3S. The van der Waals surface area contributed by atoms with Crippen LogP contribution in [0.2, 0.25) is 0 Å². The van der Waals surface area contributed by atoms with E-state index in [9.17, 15) is 4.79 Å². The zero-order valence-electron chi connectivity index (χ0n) is 12.3. The van der Waals surface area contributed by atoms with Crippen molar-refractivity contribution in [2.45, 2.75) is 26.7 Å². The summed E-state index contributed by atoms with van der Waals surface area (Å²) in [4.78, 5) is 16.1. The van der Waals surface area contributed by atoms with Crippen molar-refractivity contribution in [3.05, 3.63) is 35.3 Å². The van der Waals surface area contributed by atoms with Gasteiger partial charge in [0.1, 0.15) is 10.8 Å². The van der Waals surface area contributed by atoms with Gasteiger partial charge in [-0.2, -0.15) is 0 Å². The number of nitrogens with zero attached hydrogens (tertiary/aromatic N) is 1. The van der Waals surface area contributed by atoms with E-state index in [1.807, 2.05) is 31.2 Å². The van der Waals surface area contributed by atoms with Gasteiger partial charge in [0.05, 0.1) is 13.2 Å². The number of carbonyl (C=O) groups excluding carboxylic acids is 1. The van der Waals surface area contributed by atoms with Gasteiger partial charge in [0.15, 0.2) is 5.69 Å². The Balaban J connectivity index is 2.03. The standard InChI is InChI=1S/C16H19NO3S/c1-3-5-10-20-16(18)14-11-21-15(17-14)12-6-8-13(9-7-12)19-4-2/h6-9,11H,3-5,10H2,1-2H3. The minimum Gasteiger partial charge on any atom is -0.494 e. The molecule has 2 rings (SSSR count). The minimum atomic E-state index is -0.350. The van der Waals surface area contributed by atoms with Gasteiger partial charge in [0.25, 0.3) is 0 Å². The molecule has 0 fully saturated rings. The lowest BCUT2D eigenvalue weighted by atomic mass is 10.2. The first kappa shape index (κ1) is 15.5. The van der Waals surface area contributed by atoms with Gasteiger partial charge in [-0.1, -0.05) is 13.3 Å². The largest absolute Gasteiger partial charge is 0.494 e. The zero-order chi connectivity index (χ0) is 15.1. The molecule has 1 heterocycles. The second-order valence-corrected chi connectivity index (χ2v) is 5.34. The van der Waals surface area contributed by atoms with Crippen molar-refractivity contribution in [3.63, 3.8) is 0 Å². The lowest BCUT2D eigenvalue weighted by Gasteiger charge is -2.03. The summed E-state index contributed by atoms with van der Waals surface area (Å²) in [5, 5.41) is 2.54. The van der Waals surface area contributed by atoms with Crippen LogP contribution in [0.3, 0.4) is 0 Å². The van der Waals surface area contributed by atoms with Crippen LogP contribution >= 0.6 is 11.3 Å². The first-order valence-corrected chi connectivity index (χ1v) is 7.98. The molecule has 1 aromatic carbocycles. The molecule has 0 amide bonds. The normalized spacial score (nSPS) is 10.4. The number of rotatable bonds is 7. The number of ether oxygens (including phenoxy) is 2. The summed E-state index contributed by atoms with van der Waals surface area (Å²) in [6, 6.07) is 7.69. The molecule has 1 aromatic heterocycles. The van der Waals surface area contributed by atoms with Crippen LogP contribution in [-0.2, 0) is 4.74 Å². The molecule has 0 unspecified atom stereocenters. The van der Waals surface area contributed by atoms with Crippen molar-refractivity contribution >= 4 is 17.3 Å². The predicted molar refractivity (Wildman–Crippen MR) is 83.9 cm³/mol. The Labute approximate surface area is 128 Å². The van der Waals surface area contributed by atoms with E-state index in [1.165, 1.54) is 11.3 Å². The molecular weight excluding hydrogens is 286 g/mol. The maximum Gasteiger partial charge on any atom is 0.357 e. The Hall–Kier alpha value is -1.88. The van der Waals surface area contributed by atoms with Gasteiger partial charge in [0.2, 0.25) is 0 Å². The second kappa shape index (κ2) is 7.78. The summed E-state index contributed by atoms with van der Waals surface area (Å²) in [7, 11) is 0. The topological polar surface area (TPSA) is 48.4 Å². The molecule has 0 bridgehead atoms. The Bertz CT molecular complexity index is 577. The third-order valence-corrected chi connectivity index (χ3v) is 3.75. The summed E-state index contributed by atoms with van der Waals surface area (Å²) in [6.45, 7) is 5.10. The highest BCUT2D eigenvalue weighted by Gasteiger charge is 2.13. The third-order valence-electron chi connectivity index (χ3n) is 2.86. The van der Waals surface area contributed by atoms with Crippen molar-refractivity contribution in [1.29, 1.82) is 0 Å². The van der Waals surface area contributed by atoms with E-state index in [1.54, 1.807) is 5.38 Å². The molecule has 0 saturated heterocycles. The highest BCUT2D eigenvalue weighted by Crippen LogP contribution is 2.26. The van der Waals surface area contributed by atoms with Gasteiger partial charge < -0.3 is 9.47 Å². The van der Waals surface area contributed by atoms with Gasteiger partial charge >= 0.3 is 5.97 Å². The highest BCUT2D eigenvalue weighted by molar-refractivity contribution is 7.13. The molecule has 112 valence electrons. The van der Waals surface area contributed by atoms with Crippen LogP contribution in [0.25, 0.3) is 10.6 Å². The van der Waals surface area contributed by atoms with Crippen LogP contribution < -0.4 is 4.74 Å². The third kappa shape index (κ3) is 4.29. The number of aromatic nitrogens is 1. The molecule has 0 saturated carbocycles. The van der Waals surface area contributed by atoms with Crippen molar-refractivity contribution in [1.82, 2.24) is 4.98 Å². The number of carbonyl (C=O) groups is 1. The van der Waals surface area contributed by atoms with Crippen LogP contribution in [0.15, 0.2) is 29.6 Å². The number of thiazole rings is 1. The van der Waals surface area contributed by atoms with Gasteiger partial charge in [-0.15, -0.1) is 11.3 Å². The van der Waals surface area contributed by atoms with E-state index < -0.39 is 0 Å². The van der Waals surface area contributed by atoms with Crippen LogP contribution in [0.4, 0.5) is 0 Å². The monoisotopic (exact) mass is 305 g/mol. The zero-order valence-corrected chi connectivity index (χ0v) is 13.1. The van der Waals surface area contributed by atoms with E-state index in [-0.39, 0.29) is 5.97 Å². The number of benzene rings is 1.